The molecule has 0 bridgehead atoms. The summed E-state index contributed by atoms with van der Waals surface area (Å²) in [4.78, 5) is 15.0. The van der Waals surface area contributed by atoms with Gasteiger partial charge in [0.15, 0.2) is 11.5 Å². The highest BCUT2D eigenvalue weighted by atomic mass is 16.6. The van der Waals surface area contributed by atoms with Crippen LogP contribution in [0.4, 0.5) is 0 Å². The van der Waals surface area contributed by atoms with Crippen LogP contribution in [-0.2, 0) is 25.4 Å². The lowest BCUT2D eigenvalue weighted by atomic mass is 9.73. The van der Waals surface area contributed by atoms with Crippen molar-refractivity contribution < 1.29 is 29.2 Å². The van der Waals surface area contributed by atoms with Crippen LogP contribution in [-0.4, -0.2) is 59.5 Å². The number of aliphatic hydroxyl groups excluding tert-OH is 2. The lowest BCUT2D eigenvalue weighted by Crippen LogP contribution is -2.57. The first kappa shape index (κ1) is 28.9. The Hall–Kier alpha value is -2.61. The summed E-state index contributed by atoms with van der Waals surface area (Å²) in [5.41, 5.74) is 1.45. The van der Waals surface area contributed by atoms with Crippen molar-refractivity contribution >= 4 is 5.97 Å². The van der Waals surface area contributed by atoms with Gasteiger partial charge in [-0.05, 0) is 55.6 Å². The van der Waals surface area contributed by atoms with Crippen LogP contribution in [0.3, 0.4) is 0 Å². The van der Waals surface area contributed by atoms with Gasteiger partial charge in [-0.15, -0.1) is 0 Å². The van der Waals surface area contributed by atoms with E-state index in [1.165, 1.54) is 12.7 Å². The number of hydrogen-bond donors (Lipinski definition) is 2. The van der Waals surface area contributed by atoms with E-state index in [2.05, 4.69) is 62.1 Å². The quantitative estimate of drug-likeness (QED) is 0.413. The molecule has 2 fully saturated rings. The molecular formula is C33H45NO6. The number of nitrogens with zero attached hydrogens (tertiary/aromatic N) is 1. The van der Waals surface area contributed by atoms with E-state index in [1.54, 1.807) is 0 Å². The molecule has 1 aromatic rings. The van der Waals surface area contributed by atoms with Crippen LogP contribution in [0.25, 0.3) is 0 Å². The van der Waals surface area contributed by atoms with Crippen LogP contribution in [0.2, 0.25) is 0 Å². The van der Waals surface area contributed by atoms with Crippen molar-refractivity contribution in [1.29, 1.82) is 0 Å². The monoisotopic (exact) mass is 551 g/mol. The van der Waals surface area contributed by atoms with Crippen molar-refractivity contribution in [3.05, 3.63) is 70.6 Å². The molecule has 0 radical (unpaired) electrons. The van der Waals surface area contributed by atoms with Gasteiger partial charge in [0.2, 0.25) is 5.76 Å². The Balaban J connectivity index is 1.46. The molecule has 40 heavy (non-hydrogen) atoms. The summed E-state index contributed by atoms with van der Waals surface area (Å²) in [7, 11) is 1.48. The number of carbonyl (C=O) groups excluding carboxylic acids is 1. The van der Waals surface area contributed by atoms with E-state index in [4.69, 9.17) is 14.2 Å². The first-order chi connectivity index (χ1) is 19.3. The number of allylic oxidation sites excluding steroid dienone is 1. The molecule has 0 amide bonds. The predicted octanol–water partition coefficient (Wildman–Crippen LogP) is 5.10. The van der Waals surface area contributed by atoms with Gasteiger partial charge >= 0.3 is 5.97 Å². The number of piperidine rings is 1. The van der Waals surface area contributed by atoms with Gasteiger partial charge in [0.1, 0.15) is 11.3 Å². The second-order valence-corrected chi connectivity index (χ2v) is 12.4. The van der Waals surface area contributed by atoms with E-state index in [-0.39, 0.29) is 47.1 Å². The fraction of sp³-hybridized carbons (Fsp3) is 0.606. The average molecular weight is 552 g/mol. The van der Waals surface area contributed by atoms with Crippen molar-refractivity contribution in [3.63, 3.8) is 0 Å². The Labute approximate surface area is 238 Å². The molecule has 4 aliphatic heterocycles. The van der Waals surface area contributed by atoms with E-state index >= 15 is 0 Å². The first-order valence-electron chi connectivity index (χ1n) is 15.0. The summed E-state index contributed by atoms with van der Waals surface area (Å²) in [6, 6.07) is 11.0. The summed E-state index contributed by atoms with van der Waals surface area (Å²) in [5, 5.41) is 21.3. The number of carbonyl (C=O) groups is 1. The molecule has 2 N–H and O–H groups in total. The smallest absolute Gasteiger partial charge is 0.345 e. The zero-order valence-electron chi connectivity index (χ0n) is 24.3. The average Bonchev–Trinajstić information content (AvgIpc) is 3.36. The van der Waals surface area contributed by atoms with Gasteiger partial charge < -0.3 is 24.4 Å². The highest BCUT2D eigenvalue weighted by Gasteiger charge is 2.51. The molecule has 6 atom stereocenters. The normalized spacial score (nSPS) is 31.3. The third-order valence-electron chi connectivity index (χ3n) is 9.26. The maximum atomic E-state index is 12.4. The molecule has 6 unspecified atom stereocenters. The van der Waals surface area contributed by atoms with Gasteiger partial charge in [-0.2, -0.15) is 0 Å². The summed E-state index contributed by atoms with van der Waals surface area (Å²) < 4.78 is 17.6. The molecule has 218 valence electrons. The number of methoxy groups -OCH3 is 1. The van der Waals surface area contributed by atoms with Crippen molar-refractivity contribution in [2.45, 2.75) is 83.9 Å². The maximum Gasteiger partial charge on any atom is 0.345 e. The minimum Gasteiger partial charge on any atom is -0.492 e. The van der Waals surface area contributed by atoms with Gasteiger partial charge in [-0.1, -0.05) is 63.9 Å². The van der Waals surface area contributed by atoms with Gasteiger partial charge in [0, 0.05) is 30.5 Å². The summed E-state index contributed by atoms with van der Waals surface area (Å²) in [5.74, 6) is 2.54. The van der Waals surface area contributed by atoms with Crippen LogP contribution >= 0.6 is 0 Å². The fourth-order valence-corrected chi connectivity index (χ4v) is 7.35. The van der Waals surface area contributed by atoms with Gasteiger partial charge in [-0.3, -0.25) is 4.90 Å². The molecule has 0 aliphatic carbocycles. The zero-order chi connectivity index (χ0) is 28.4. The molecule has 4 heterocycles. The predicted molar refractivity (Wildman–Crippen MR) is 153 cm³/mol. The lowest BCUT2D eigenvalue weighted by Gasteiger charge is -2.49. The maximum absolute atomic E-state index is 12.4. The number of esters is 1. The van der Waals surface area contributed by atoms with Crippen molar-refractivity contribution in [2.75, 3.05) is 20.3 Å². The molecule has 7 heteroatoms. The number of rotatable bonds is 9. The SMILES string of the molecule is COC1=C(CO)C(=O)OC1=C1OC2=CCCN3C(C(O)CCCC(C)C)CC(Cc4ccccc4)CC3C2C1C. The standard InChI is InChI=1S/C33H45NO6/c1-20(2)10-8-13-27(36)25-17-23(16-22-11-6-5-7-12-22)18-26-29-21(3)30(39-28(29)14-9-15-34(25)26)32-31(38-4)24(19-35)33(37)40-32/h5-7,11-12,14,20-21,23,25-27,29,35-36H,8-10,13,15-19H2,1-4H3. The molecule has 1 aromatic carbocycles. The Bertz CT molecular complexity index is 1150. The largest absolute Gasteiger partial charge is 0.492 e. The summed E-state index contributed by atoms with van der Waals surface area (Å²) >= 11 is 0. The number of benzene rings is 1. The van der Waals surface area contributed by atoms with Gasteiger partial charge in [-0.25, -0.2) is 4.79 Å². The van der Waals surface area contributed by atoms with E-state index < -0.39 is 12.6 Å². The fourth-order valence-electron chi connectivity index (χ4n) is 7.35. The Morgan fingerprint density at radius 2 is 1.90 bits per heavy atom. The molecule has 4 aliphatic rings. The molecule has 7 nitrogen and oxygen atoms in total. The minimum absolute atomic E-state index is 0.0583. The Morgan fingerprint density at radius 3 is 2.60 bits per heavy atom. The van der Waals surface area contributed by atoms with E-state index in [0.717, 1.165) is 57.2 Å². The van der Waals surface area contributed by atoms with Crippen molar-refractivity contribution in [1.82, 2.24) is 4.90 Å². The van der Waals surface area contributed by atoms with E-state index in [9.17, 15) is 15.0 Å². The van der Waals surface area contributed by atoms with Crippen molar-refractivity contribution in [3.8, 4) is 0 Å². The van der Waals surface area contributed by atoms with Crippen molar-refractivity contribution in [2.24, 2.45) is 23.7 Å². The third kappa shape index (κ3) is 5.74. The molecule has 0 saturated carbocycles. The van der Waals surface area contributed by atoms with Crippen LogP contribution in [0.1, 0.15) is 64.9 Å². The van der Waals surface area contributed by atoms with Crippen LogP contribution < -0.4 is 0 Å². The minimum atomic E-state index is -0.592. The highest BCUT2D eigenvalue weighted by Crippen LogP contribution is 2.50. The number of ether oxygens (including phenoxy) is 3. The zero-order valence-corrected chi connectivity index (χ0v) is 24.3. The second kappa shape index (κ2) is 12.5. The highest BCUT2D eigenvalue weighted by molar-refractivity contribution is 5.94. The van der Waals surface area contributed by atoms with Crippen LogP contribution in [0, 0.1) is 23.7 Å². The lowest BCUT2D eigenvalue weighted by molar-refractivity contribution is -0.133. The first-order valence-corrected chi connectivity index (χ1v) is 15.0. The van der Waals surface area contributed by atoms with Crippen LogP contribution in [0.15, 0.2) is 65.0 Å². The van der Waals surface area contributed by atoms with Gasteiger partial charge in [0.25, 0.3) is 0 Å². The Morgan fingerprint density at radius 1 is 1.12 bits per heavy atom. The Kier molecular flexibility index (Phi) is 9.03. The molecular weight excluding hydrogens is 506 g/mol. The summed E-state index contributed by atoms with van der Waals surface area (Å²) in [6.07, 6.45) is 8.60. The molecule has 2 saturated heterocycles. The third-order valence-corrected chi connectivity index (χ3v) is 9.26. The molecule has 0 spiro atoms. The van der Waals surface area contributed by atoms with E-state index in [0.29, 0.717) is 17.6 Å². The van der Waals surface area contributed by atoms with E-state index in [1.807, 2.05) is 0 Å². The summed E-state index contributed by atoms with van der Waals surface area (Å²) in [6.45, 7) is 7.05. The second-order valence-electron chi connectivity index (χ2n) is 12.4. The molecule has 0 aromatic heterocycles. The molecule has 5 rings (SSSR count). The van der Waals surface area contributed by atoms with Gasteiger partial charge in [0.05, 0.1) is 19.8 Å². The number of aliphatic hydroxyl groups is 2. The number of cyclic esters (lactones) is 1. The number of hydrogen-bond acceptors (Lipinski definition) is 7. The topological polar surface area (TPSA) is 88.5 Å². The van der Waals surface area contributed by atoms with Crippen LogP contribution in [0.5, 0.6) is 0 Å². The number of fused-ring (bicyclic) bond motifs is 3.